The first-order chi connectivity index (χ1) is 14.9. The monoisotopic (exact) mass is 445 g/mol. The van der Waals surface area contributed by atoms with Gasteiger partial charge in [-0.05, 0) is 56.1 Å². The molecule has 8 heteroatoms. The molecule has 2 aromatic carbocycles. The van der Waals surface area contributed by atoms with Crippen molar-refractivity contribution in [2.45, 2.75) is 26.3 Å². The van der Waals surface area contributed by atoms with E-state index in [0.717, 1.165) is 31.5 Å². The molecule has 7 nitrogen and oxygen atoms in total. The Morgan fingerprint density at radius 2 is 2.00 bits per heavy atom. The molecule has 3 rings (SSSR count). The largest absolute Gasteiger partial charge is 0.493 e. The third kappa shape index (κ3) is 5.89. The van der Waals surface area contributed by atoms with Crippen LogP contribution in [0.3, 0.4) is 0 Å². The van der Waals surface area contributed by atoms with Crippen LogP contribution >= 0.6 is 11.6 Å². The fourth-order valence-corrected chi connectivity index (χ4v) is 3.99. The van der Waals surface area contributed by atoms with Gasteiger partial charge in [0.15, 0.2) is 11.5 Å². The van der Waals surface area contributed by atoms with Crippen molar-refractivity contribution in [3.63, 3.8) is 0 Å². The van der Waals surface area contributed by atoms with Crippen LogP contribution in [0.5, 0.6) is 11.5 Å². The Hall–Kier alpha value is -2.77. The van der Waals surface area contributed by atoms with Crippen LogP contribution in [0.2, 0.25) is 5.02 Å². The first kappa shape index (κ1) is 22.9. The fraction of sp³-hybridized carbons (Fsp3) is 0.391. The van der Waals surface area contributed by atoms with Gasteiger partial charge in [0, 0.05) is 24.3 Å². The van der Waals surface area contributed by atoms with Gasteiger partial charge in [-0.2, -0.15) is 0 Å². The summed E-state index contributed by atoms with van der Waals surface area (Å²) in [5.41, 5.74) is 7.61. The number of carbonyl (C=O) groups is 2. The molecule has 1 aliphatic heterocycles. The Morgan fingerprint density at radius 1 is 1.26 bits per heavy atom. The molecular formula is C23H28ClN3O4. The number of ether oxygens (including phenoxy) is 2. The minimum atomic E-state index is -0.295. The summed E-state index contributed by atoms with van der Waals surface area (Å²) in [6, 6.07) is 10.8. The van der Waals surface area contributed by atoms with Crippen molar-refractivity contribution in [2.24, 2.45) is 11.7 Å². The number of amides is 2. The first-order valence-corrected chi connectivity index (χ1v) is 10.7. The highest BCUT2D eigenvalue weighted by atomic mass is 35.5. The van der Waals surface area contributed by atoms with Gasteiger partial charge < -0.3 is 20.5 Å². The normalized spacial score (nSPS) is 16.5. The number of piperidine rings is 1. The van der Waals surface area contributed by atoms with Crippen LogP contribution in [0.4, 0.5) is 5.69 Å². The predicted molar refractivity (Wildman–Crippen MR) is 121 cm³/mol. The second kappa shape index (κ2) is 10.5. The zero-order valence-electron chi connectivity index (χ0n) is 17.8. The van der Waals surface area contributed by atoms with Crippen LogP contribution in [-0.4, -0.2) is 43.5 Å². The number of hydrogen-bond donors (Lipinski definition) is 2. The number of benzene rings is 2. The molecule has 1 fully saturated rings. The van der Waals surface area contributed by atoms with Crippen LogP contribution in [0.1, 0.15) is 35.7 Å². The Morgan fingerprint density at radius 3 is 2.65 bits per heavy atom. The summed E-state index contributed by atoms with van der Waals surface area (Å²) < 4.78 is 10.8. The molecular weight excluding hydrogens is 418 g/mol. The molecule has 1 heterocycles. The molecule has 0 aromatic heterocycles. The van der Waals surface area contributed by atoms with Crippen molar-refractivity contribution in [1.29, 1.82) is 0 Å². The highest BCUT2D eigenvalue weighted by Gasteiger charge is 2.23. The molecule has 0 spiro atoms. The van der Waals surface area contributed by atoms with Gasteiger partial charge in [-0.1, -0.05) is 23.7 Å². The Labute approximate surface area is 187 Å². The lowest BCUT2D eigenvalue weighted by molar-refractivity contribution is -0.123. The molecule has 1 unspecified atom stereocenters. The Bertz CT molecular complexity index is 933. The first-order valence-electron chi connectivity index (χ1n) is 10.3. The van der Waals surface area contributed by atoms with Gasteiger partial charge in [0.05, 0.1) is 24.7 Å². The van der Waals surface area contributed by atoms with Gasteiger partial charge in [0.1, 0.15) is 0 Å². The molecule has 0 saturated carbocycles. The summed E-state index contributed by atoms with van der Waals surface area (Å²) in [5.74, 6) is 0.227. The highest BCUT2D eigenvalue weighted by molar-refractivity contribution is 6.32. The molecule has 31 heavy (non-hydrogen) atoms. The van der Waals surface area contributed by atoms with Gasteiger partial charge in [0.2, 0.25) is 5.91 Å². The van der Waals surface area contributed by atoms with E-state index in [1.807, 2.05) is 31.2 Å². The number of hydrogen-bond acceptors (Lipinski definition) is 5. The number of methoxy groups -OCH3 is 1. The molecule has 0 radical (unpaired) electrons. The van der Waals surface area contributed by atoms with Crippen molar-refractivity contribution in [1.82, 2.24) is 4.90 Å². The van der Waals surface area contributed by atoms with Crippen molar-refractivity contribution in [3.05, 3.63) is 52.5 Å². The van der Waals surface area contributed by atoms with E-state index < -0.39 is 0 Å². The number of likely N-dealkylation sites (tertiary alicyclic amines) is 1. The van der Waals surface area contributed by atoms with E-state index in [4.69, 9.17) is 26.8 Å². The number of nitrogens with two attached hydrogens (primary N) is 1. The number of nitrogens with one attached hydrogen (secondary N) is 1. The summed E-state index contributed by atoms with van der Waals surface area (Å²) >= 11 is 6.26. The summed E-state index contributed by atoms with van der Waals surface area (Å²) in [5, 5.41) is 3.19. The van der Waals surface area contributed by atoms with Crippen molar-refractivity contribution in [3.8, 4) is 11.5 Å². The van der Waals surface area contributed by atoms with E-state index in [9.17, 15) is 9.59 Å². The smallest absolute Gasteiger partial charge is 0.255 e. The second-order valence-corrected chi connectivity index (χ2v) is 7.96. The van der Waals surface area contributed by atoms with Crippen LogP contribution in [0, 0.1) is 5.92 Å². The van der Waals surface area contributed by atoms with E-state index >= 15 is 0 Å². The molecule has 3 N–H and O–H groups in total. The van der Waals surface area contributed by atoms with E-state index in [0.29, 0.717) is 40.9 Å². The highest BCUT2D eigenvalue weighted by Crippen LogP contribution is 2.36. The molecule has 0 aliphatic carbocycles. The topological polar surface area (TPSA) is 93.9 Å². The summed E-state index contributed by atoms with van der Waals surface area (Å²) in [6.07, 6.45) is 1.83. The summed E-state index contributed by atoms with van der Waals surface area (Å²) in [6.45, 7) is 4.66. The predicted octanol–water partition coefficient (Wildman–Crippen LogP) is 3.70. The maximum atomic E-state index is 12.7. The molecule has 0 bridgehead atoms. The Balaban J connectivity index is 1.64. The lowest BCUT2D eigenvalue weighted by Gasteiger charge is -2.31. The molecule has 2 amide bonds. The van der Waals surface area contributed by atoms with Gasteiger partial charge in [-0.15, -0.1) is 0 Å². The van der Waals surface area contributed by atoms with Crippen LogP contribution < -0.4 is 20.5 Å². The van der Waals surface area contributed by atoms with E-state index in [1.54, 1.807) is 12.1 Å². The lowest BCUT2D eigenvalue weighted by Crippen LogP contribution is -2.40. The number of rotatable bonds is 8. The summed E-state index contributed by atoms with van der Waals surface area (Å²) in [4.78, 5) is 26.4. The third-order valence-electron chi connectivity index (χ3n) is 5.31. The quantitative estimate of drug-likeness (QED) is 0.646. The second-order valence-electron chi connectivity index (χ2n) is 7.55. The maximum Gasteiger partial charge on any atom is 0.255 e. The van der Waals surface area contributed by atoms with E-state index in [-0.39, 0.29) is 17.7 Å². The SMILES string of the molecule is CCOc1c(Cl)cc(C(=O)Nc2ccc(CN3CCCC(C(N)=O)C3)cc2)cc1OC. The number of primary amides is 1. The lowest BCUT2D eigenvalue weighted by atomic mass is 9.97. The average molecular weight is 446 g/mol. The van der Waals surface area contributed by atoms with Gasteiger partial charge in [0.25, 0.3) is 5.91 Å². The fourth-order valence-electron chi connectivity index (χ4n) is 3.72. The Kier molecular flexibility index (Phi) is 7.76. The van der Waals surface area contributed by atoms with Crippen LogP contribution in [0.15, 0.2) is 36.4 Å². The molecule has 2 aromatic rings. The third-order valence-corrected chi connectivity index (χ3v) is 5.59. The number of nitrogens with zero attached hydrogens (tertiary/aromatic N) is 1. The minimum absolute atomic E-state index is 0.0785. The molecule has 1 saturated heterocycles. The standard InChI is InChI=1S/C23H28ClN3O4/c1-3-31-21-19(24)11-17(12-20(21)30-2)23(29)26-18-8-6-15(7-9-18)13-27-10-4-5-16(14-27)22(25)28/h6-9,11-12,16H,3-5,10,13-14H2,1-2H3,(H2,25,28)(H,26,29). The molecule has 166 valence electrons. The maximum absolute atomic E-state index is 12.7. The van der Waals surface area contributed by atoms with Gasteiger partial charge in [-0.3, -0.25) is 14.5 Å². The molecule has 1 atom stereocenters. The summed E-state index contributed by atoms with van der Waals surface area (Å²) in [7, 11) is 1.50. The van der Waals surface area contributed by atoms with Crippen LogP contribution in [-0.2, 0) is 11.3 Å². The zero-order valence-corrected chi connectivity index (χ0v) is 18.6. The van der Waals surface area contributed by atoms with Crippen molar-refractivity contribution >= 4 is 29.1 Å². The number of halogens is 1. The van der Waals surface area contributed by atoms with E-state index in [2.05, 4.69) is 10.2 Å². The minimum Gasteiger partial charge on any atom is -0.493 e. The van der Waals surface area contributed by atoms with Gasteiger partial charge in [-0.25, -0.2) is 0 Å². The average Bonchev–Trinajstić information content (AvgIpc) is 2.76. The van der Waals surface area contributed by atoms with E-state index in [1.165, 1.54) is 7.11 Å². The number of carbonyl (C=O) groups excluding carboxylic acids is 2. The van der Waals surface area contributed by atoms with Crippen molar-refractivity contribution in [2.75, 3.05) is 32.1 Å². The van der Waals surface area contributed by atoms with Gasteiger partial charge >= 0.3 is 0 Å². The molecule has 1 aliphatic rings. The number of anilines is 1. The van der Waals surface area contributed by atoms with Crippen molar-refractivity contribution < 1.29 is 19.1 Å². The van der Waals surface area contributed by atoms with Crippen LogP contribution in [0.25, 0.3) is 0 Å². The zero-order chi connectivity index (χ0) is 22.4.